The third kappa shape index (κ3) is 5.42. The van der Waals surface area contributed by atoms with Crippen LogP contribution in [0, 0.1) is 0 Å². The van der Waals surface area contributed by atoms with Gasteiger partial charge in [-0.15, -0.1) is 0 Å². The van der Waals surface area contributed by atoms with E-state index < -0.39 is 15.8 Å². The molecule has 0 spiro atoms. The third-order valence-corrected chi connectivity index (χ3v) is 11.3. The highest BCUT2D eigenvalue weighted by Gasteiger charge is 2.26. The highest BCUT2D eigenvalue weighted by atomic mass is 31.1. The summed E-state index contributed by atoms with van der Waals surface area (Å²) >= 11 is 0. The van der Waals surface area contributed by atoms with Gasteiger partial charge in [0.2, 0.25) is 0 Å². The van der Waals surface area contributed by atoms with Crippen molar-refractivity contribution in [2.45, 2.75) is 13.8 Å². The van der Waals surface area contributed by atoms with Gasteiger partial charge in [0.1, 0.15) is 0 Å². The smallest absolute Gasteiger partial charge is 0.00673 e. The lowest BCUT2D eigenvalue weighted by atomic mass is 10.1. The number of allylic oxidation sites excluding steroid dienone is 1. The maximum Gasteiger partial charge on any atom is -0.00673 e. The molecule has 0 fully saturated rings. The van der Waals surface area contributed by atoms with Crippen LogP contribution in [0.25, 0.3) is 6.08 Å². The first-order chi connectivity index (χ1) is 17.7. The van der Waals surface area contributed by atoms with Gasteiger partial charge in [-0.05, 0) is 67.1 Å². The molecule has 0 bridgehead atoms. The first kappa shape index (κ1) is 24.4. The fourth-order valence-electron chi connectivity index (χ4n) is 4.53. The molecular formula is C34H30P2. The summed E-state index contributed by atoms with van der Waals surface area (Å²) in [5, 5.41) is 8.42. The van der Waals surface area contributed by atoms with Crippen LogP contribution in [-0.4, -0.2) is 0 Å². The standard InChI is InChI=1S/C34H30P2/c1-27(2)26-28-16-12-13-23-32(28)36(31-21-10-5-11-22-31)34-25-15-14-24-33(34)35(29-17-6-3-7-18-29)30-19-8-4-9-20-30/h3-26H,1-2H3. The molecule has 2 heteroatoms. The Morgan fingerprint density at radius 1 is 0.417 bits per heavy atom. The average molecular weight is 501 g/mol. The SMILES string of the molecule is CC(C)=Cc1ccccc1P(c1ccccc1)c1ccccc1P(c1ccccc1)c1ccccc1. The maximum absolute atomic E-state index is 2.37. The van der Waals surface area contributed by atoms with Crippen LogP contribution in [0.4, 0.5) is 0 Å². The van der Waals surface area contributed by atoms with Crippen LogP contribution >= 0.6 is 15.8 Å². The first-order valence-electron chi connectivity index (χ1n) is 12.3. The zero-order valence-corrected chi connectivity index (χ0v) is 22.5. The highest BCUT2D eigenvalue weighted by molar-refractivity contribution is 7.85. The van der Waals surface area contributed by atoms with Crippen LogP contribution in [-0.2, 0) is 0 Å². The van der Waals surface area contributed by atoms with E-state index in [4.69, 9.17) is 0 Å². The monoisotopic (exact) mass is 500 g/mol. The summed E-state index contributed by atoms with van der Waals surface area (Å²) in [6.45, 7) is 4.36. The van der Waals surface area contributed by atoms with E-state index in [1.54, 1.807) is 0 Å². The first-order valence-corrected chi connectivity index (χ1v) is 15.0. The molecule has 0 aliphatic rings. The second kappa shape index (κ2) is 11.6. The summed E-state index contributed by atoms with van der Waals surface area (Å²) in [6.07, 6.45) is 2.33. The van der Waals surface area contributed by atoms with E-state index >= 15 is 0 Å². The molecule has 0 N–H and O–H groups in total. The molecule has 0 amide bonds. The van der Waals surface area contributed by atoms with Gasteiger partial charge in [0, 0.05) is 0 Å². The summed E-state index contributed by atoms with van der Waals surface area (Å²) in [4.78, 5) is 0. The third-order valence-electron chi connectivity index (χ3n) is 6.03. The van der Waals surface area contributed by atoms with E-state index in [9.17, 15) is 0 Å². The van der Waals surface area contributed by atoms with Crippen molar-refractivity contribution in [2.75, 3.05) is 0 Å². The minimum atomic E-state index is -0.760. The summed E-state index contributed by atoms with van der Waals surface area (Å²) < 4.78 is 0. The molecule has 5 aromatic carbocycles. The molecule has 0 aromatic heterocycles. The Labute approximate surface area is 217 Å². The van der Waals surface area contributed by atoms with Crippen LogP contribution < -0.4 is 31.8 Å². The van der Waals surface area contributed by atoms with Gasteiger partial charge in [-0.1, -0.05) is 151 Å². The lowest BCUT2D eigenvalue weighted by Gasteiger charge is -2.28. The fraction of sp³-hybridized carbons (Fsp3) is 0.0588. The van der Waals surface area contributed by atoms with Crippen molar-refractivity contribution in [3.63, 3.8) is 0 Å². The van der Waals surface area contributed by atoms with Crippen molar-refractivity contribution in [3.8, 4) is 0 Å². The molecular weight excluding hydrogens is 470 g/mol. The maximum atomic E-state index is 2.37. The summed E-state index contributed by atoms with van der Waals surface area (Å²) in [5.74, 6) is 0. The predicted octanol–water partition coefficient (Wildman–Crippen LogP) is 6.63. The molecule has 0 nitrogen and oxygen atoms in total. The van der Waals surface area contributed by atoms with Crippen molar-refractivity contribution >= 4 is 53.7 Å². The Bertz CT molecular complexity index is 1400. The molecule has 1 unspecified atom stereocenters. The van der Waals surface area contributed by atoms with E-state index in [1.165, 1.54) is 43.0 Å². The van der Waals surface area contributed by atoms with Crippen molar-refractivity contribution < 1.29 is 0 Å². The Hall–Kier alpha value is -3.30. The van der Waals surface area contributed by atoms with Crippen LogP contribution in [0.1, 0.15) is 19.4 Å². The zero-order valence-electron chi connectivity index (χ0n) is 20.8. The van der Waals surface area contributed by atoms with Crippen LogP contribution in [0.15, 0.2) is 145 Å². The molecule has 0 aliphatic carbocycles. The Morgan fingerprint density at radius 3 is 1.25 bits per heavy atom. The summed E-state index contributed by atoms with van der Waals surface area (Å²) in [7, 11) is -1.47. The van der Waals surface area contributed by atoms with Gasteiger partial charge in [-0.2, -0.15) is 0 Å². The zero-order chi connectivity index (χ0) is 24.7. The Kier molecular flexibility index (Phi) is 7.88. The highest BCUT2D eigenvalue weighted by Crippen LogP contribution is 2.39. The van der Waals surface area contributed by atoms with E-state index in [2.05, 4.69) is 159 Å². The van der Waals surface area contributed by atoms with E-state index in [0.717, 1.165) is 0 Å². The quantitative estimate of drug-likeness (QED) is 0.220. The summed E-state index contributed by atoms with van der Waals surface area (Å²) in [6, 6.07) is 51.2. The Balaban J connectivity index is 1.78. The van der Waals surface area contributed by atoms with Crippen LogP contribution in [0.3, 0.4) is 0 Å². The minimum absolute atomic E-state index is 0.706. The van der Waals surface area contributed by atoms with E-state index in [-0.39, 0.29) is 0 Å². The van der Waals surface area contributed by atoms with E-state index in [1.807, 2.05) is 0 Å². The van der Waals surface area contributed by atoms with Crippen LogP contribution in [0.5, 0.6) is 0 Å². The molecule has 5 rings (SSSR count). The molecule has 0 saturated heterocycles. The number of hydrogen-bond donors (Lipinski definition) is 0. The van der Waals surface area contributed by atoms with Gasteiger partial charge < -0.3 is 0 Å². The molecule has 176 valence electrons. The second-order valence-electron chi connectivity index (χ2n) is 8.95. The topological polar surface area (TPSA) is 0 Å². The lowest BCUT2D eigenvalue weighted by Crippen LogP contribution is -2.35. The predicted molar refractivity (Wildman–Crippen MR) is 163 cm³/mol. The lowest BCUT2D eigenvalue weighted by molar-refractivity contribution is 1.42. The summed E-state index contributed by atoms with van der Waals surface area (Å²) in [5.41, 5.74) is 2.63. The van der Waals surface area contributed by atoms with Gasteiger partial charge in [0.15, 0.2) is 0 Å². The largest absolute Gasteiger partial charge is 0.0758 e. The van der Waals surface area contributed by atoms with Gasteiger partial charge in [-0.25, -0.2) is 0 Å². The van der Waals surface area contributed by atoms with Crippen molar-refractivity contribution in [2.24, 2.45) is 0 Å². The Morgan fingerprint density at radius 2 is 0.778 bits per heavy atom. The van der Waals surface area contributed by atoms with Crippen molar-refractivity contribution in [1.29, 1.82) is 0 Å². The van der Waals surface area contributed by atoms with Crippen molar-refractivity contribution in [3.05, 3.63) is 151 Å². The van der Waals surface area contributed by atoms with Crippen molar-refractivity contribution in [1.82, 2.24) is 0 Å². The number of rotatable bonds is 7. The van der Waals surface area contributed by atoms with Gasteiger partial charge >= 0.3 is 0 Å². The number of hydrogen-bond acceptors (Lipinski definition) is 0. The van der Waals surface area contributed by atoms with Crippen LogP contribution in [0.2, 0.25) is 0 Å². The molecule has 5 aromatic rings. The van der Waals surface area contributed by atoms with Gasteiger partial charge in [-0.3, -0.25) is 0 Å². The molecule has 1 atom stereocenters. The molecule has 0 aliphatic heterocycles. The fourth-order valence-corrected chi connectivity index (χ4v) is 9.92. The second-order valence-corrected chi connectivity index (χ2v) is 13.3. The molecule has 0 saturated carbocycles. The molecule has 0 heterocycles. The number of benzene rings is 5. The minimum Gasteiger partial charge on any atom is -0.0758 e. The van der Waals surface area contributed by atoms with E-state index in [0.29, 0.717) is 0 Å². The average Bonchev–Trinajstić information content (AvgIpc) is 2.92. The molecule has 0 radical (unpaired) electrons. The normalized spacial score (nSPS) is 11.8. The van der Waals surface area contributed by atoms with Gasteiger partial charge in [0.25, 0.3) is 0 Å². The van der Waals surface area contributed by atoms with Gasteiger partial charge in [0.05, 0.1) is 0 Å². The molecule has 36 heavy (non-hydrogen) atoms.